The normalized spacial score (nSPS) is 31.3. The van der Waals surface area contributed by atoms with Gasteiger partial charge in [0.25, 0.3) is 5.56 Å². The van der Waals surface area contributed by atoms with Crippen LogP contribution in [0.2, 0.25) is 0 Å². The van der Waals surface area contributed by atoms with Crippen molar-refractivity contribution >= 4 is 41.9 Å². The highest BCUT2D eigenvalue weighted by atomic mass is 31.2. The van der Waals surface area contributed by atoms with Gasteiger partial charge in [0.2, 0.25) is 5.95 Å². The number of rotatable bonds is 8. The second-order valence-corrected chi connectivity index (χ2v) is 10.9. The highest BCUT2D eigenvalue weighted by molar-refractivity contribution is 7.47. The van der Waals surface area contributed by atoms with Gasteiger partial charge in [-0.3, -0.25) is 28.0 Å². The summed E-state index contributed by atoms with van der Waals surface area (Å²) in [5.41, 5.74) is 11.0. The maximum Gasteiger partial charge on any atom is 0.472 e. The summed E-state index contributed by atoms with van der Waals surface area (Å²) in [5, 5.41) is 41.8. The Hall–Kier alpha value is -3.63. The molecule has 0 aromatic carbocycles. The molecule has 2 aliphatic heterocycles. The number of nitrogens with two attached hydrogens (primary N) is 2. The third kappa shape index (κ3) is 4.80. The number of phosphoric acid groups is 1. The molecule has 2 aliphatic rings. The topological polar surface area (TPSA) is 314 Å². The maximum atomic E-state index is 12.9. The zero-order valence-electron chi connectivity index (χ0n) is 21.2. The van der Waals surface area contributed by atoms with Gasteiger partial charge in [-0.15, -0.1) is 0 Å². The Morgan fingerprint density at radius 1 is 0.952 bits per heavy atom. The standard InChI is InChI=1S/C20H25N10O11P/c21-14-8-15(24-3-23-14)29(4-25-8)18-11(33)10(32)7(40-18)2-38-42(36,37)41-13-6(1-31)39-19(12(13)34)30-5-26-9-16(30)27-20(22)28-17(9)35/h3-7,10-13,18-19,31-34H,1-2H2,(H,36,37)(H2,21,23,24)(H3,22,27,28,35)/t6-,7-,10-,11-,12-,13-,18-,19-/m1/s1. The number of anilines is 2. The average Bonchev–Trinajstić information content (AvgIpc) is 3.69. The van der Waals surface area contributed by atoms with E-state index in [1.807, 2.05) is 0 Å². The van der Waals surface area contributed by atoms with Gasteiger partial charge in [-0.1, -0.05) is 0 Å². The first-order valence-electron chi connectivity index (χ1n) is 12.3. The summed E-state index contributed by atoms with van der Waals surface area (Å²) in [7, 11) is -5.02. The Kier molecular flexibility index (Phi) is 7.17. The van der Waals surface area contributed by atoms with Crippen molar-refractivity contribution in [3.8, 4) is 0 Å². The molecule has 1 unspecified atom stereocenters. The highest BCUT2D eigenvalue weighted by Gasteiger charge is 2.50. The molecule has 42 heavy (non-hydrogen) atoms. The molecular formula is C20H25N10O11P. The number of phosphoric ester groups is 1. The van der Waals surface area contributed by atoms with E-state index < -0.39 is 75.7 Å². The van der Waals surface area contributed by atoms with Crippen molar-refractivity contribution in [3.05, 3.63) is 29.3 Å². The van der Waals surface area contributed by atoms with Crippen molar-refractivity contribution in [2.24, 2.45) is 0 Å². The van der Waals surface area contributed by atoms with E-state index in [1.165, 1.54) is 17.2 Å². The van der Waals surface area contributed by atoms with Crippen LogP contribution in [-0.2, 0) is 23.1 Å². The Morgan fingerprint density at radius 3 is 2.36 bits per heavy atom. The molecule has 0 aliphatic carbocycles. The number of hydrogen-bond donors (Lipinski definition) is 8. The quantitative estimate of drug-likeness (QED) is 0.0894. The number of hydrogen-bond acceptors (Lipinski definition) is 17. The lowest BCUT2D eigenvalue weighted by atomic mass is 10.1. The summed E-state index contributed by atoms with van der Waals surface area (Å²) in [4.78, 5) is 44.7. The summed E-state index contributed by atoms with van der Waals surface area (Å²) in [6.45, 7) is -1.48. The summed E-state index contributed by atoms with van der Waals surface area (Å²) < 4.78 is 36.8. The molecule has 21 nitrogen and oxygen atoms in total. The van der Waals surface area contributed by atoms with Crippen molar-refractivity contribution in [2.45, 2.75) is 49.1 Å². The molecule has 2 saturated heterocycles. The minimum absolute atomic E-state index is 0.0543. The maximum absolute atomic E-state index is 12.9. The zero-order valence-corrected chi connectivity index (χ0v) is 22.1. The van der Waals surface area contributed by atoms with Crippen LogP contribution in [0.4, 0.5) is 11.8 Å². The largest absolute Gasteiger partial charge is 0.472 e. The molecule has 0 radical (unpaired) electrons. The number of imidazole rings is 2. The Bertz CT molecular complexity index is 1730. The highest BCUT2D eigenvalue weighted by Crippen LogP contribution is 2.49. The minimum atomic E-state index is -5.02. The first kappa shape index (κ1) is 28.5. The number of ether oxygens (including phenoxy) is 2. The zero-order chi connectivity index (χ0) is 29.9. The van der Waals surface area contributed by atoms with Crippen molar-refractivity contribution < 1.29 is 48.4 Å². The lowest BCUT2D eigenvalue weighted by Gasteiger charge is -2.23. The van der Waals surface area contributed by atoms with Gasteiger partial charge in [0.1, 0.15) is 48.5 Å². The second-order valence-electron chi connectivity index (χ2n) is 9.48. The van der Waals surface area contributed by atoms with Crippen LogP contribution >= 0.6 is 7.82 Å². The van der Waals surface area contributed by atoms with Crippen LogP contribution in [0.1, 0.15) is 12.5 Å². The Balaban J connectivity index is 1.15. The summed E-state index contributed by atoms with van der Waals surface area (Å²) in [6.07, 6.45) is -8.00. The number of nitrogen functional groups attached to an aromatic ring is 2. The van der Waals surface area contributed by atoms with Crippen LogP contribution in [0, 0.1) is 0 Å². The van der Waals surface area contributed by atoms with E-state index in [4.69, 9.17) is 30.0 Å². The molecule has 4 aromatic heterocycles. The molecule has 9 atom stereocenters. The molecule has 4 aromatic rings. The van der Waals surface area contributed by atoms with Gasteiger partial charge in [-0.2, -0.15) is 4.98 Å². The summed E-state index contributed by atoms with van der Waals surface area (Å²) >= 11 is 0. The fraction of sp³-hybridized carbons (Fsp3) is 0.500. The fourth-order valence-corrected chi connectivity index (χ4v) is 5.82. The van der Waals surface area contributed by atoms with Gasteiger partial charge in [0, 0.05) is 0 Å². The van der Waals surface area contributed by atoms with E-state index in [9.17, 15) is 34.7 Å². The number of nitrogens with zero attached hydrogens (tertiary/aromatic N) is 7. The van der Waals surface area contributed by atoms with E-state index in [0.717, 1.165) is 10.9 Å². The molecule has 0 spiro atoms. The lowest BCUT2D eigenvalue weighted by molar-refractivity contribution is -0.0585. The molecule has 226 valence electrons. The third-order valence-corrected chi connectivity index (χ3v) is 7.85. The number of aliphatic hydroxyl groups is 4. The van der Waals surface area contributed by atoms with E-state index in [2.05, 4.69) is 29.9 Å². The molecule has 0 bridgehead atoms. The third-order valence-electron chi connectivity index (χ3n) is 6.87. The SMILES string of the molecule is Nc1nc2c(ncn2[C@@H]2O[C@H](CO)[C@@H](OP(=O)(O)OC[C@H]3O[C@@H](n4cnc5c(N)ncnc54)[C@H](O)[C@@H]3O)[C@H]2O)c(=O)[nH]1. The van der Waals surface area contributed by atoms with Crippen LogP contribution in [0.3, 0.4) is 0 Å². The molecule has 2 fully saturated rings. The number of aliphatic hydroxyl groups excluding tert-OH is 4. The average molecular weight is 612 g/mol. The smallest absolute Gasteiger partial charge is 0.394 e. The van der Waals surface area contributed by atoms with E-state index in [0.29, 0.717) is 0 Å². The first-order chi connectivity index (χ1) is 20.0. The van der Waals surface area contributed by atoms with Crippen molar-refractivity contribution in [2.75, 3.05) is 24.7 Å². The molecular weight excluding hydrogens is 587 g/mol. The van der Waals surface area contributed by atoms with Crippen molar-refractivity contribution in [3.63, 3.8) is 0 Å². The number of H-pyrrole nitrogens is 1. The van der Waals surface area contributed by atoms with Gasteiger partial charge in [-0.05, 0) is 0 Å². The molecule has 0 saturated carbocycles. The number of aromatic nitrogens is 8. The molecule has 6 heterocycles. The van der Waals surface area contributed by atoms with Crippen LogP contribution in [0.25, 0.3) is 22.3 Å². The van der Waals surface area contributed by atoms with Crippen LogP contribution in [-0.4, -0.2) is 114 Å². The fourth-order valence-electron chi connectivity index (χ4n) is 4.86. The number of nitrogens with one attached hydrogen (secondary N) is 1. The first-order valence-corrected chi connectivity index (χ1v) is 13.8. The molecule has 0 amide bonds. The minimum Gasteiger partial charge on any atom is -0.394 e. The monoisotopic (exact) mass is 612 g/mol. The van der Waals surface area contributed by atoms with E-state index in [-0.39, 0.29) is 34.1 Å². The molecule has 22 heteroatoms. The number of aromatic amines is 1. The van der Waals surface area contributed by atoms with Gasteiger partial charge < -0.3 is 46.3 Å². The van der Waals surface area contributed by atoms with E-state index >= 15 is 0 Å². The Labute approximate surface area is 232 Å². The predicted molar refractivity (Wildman–Crippen MR) is 136 cm³/mol. The van der Waals surface area contributed by atoms with E-state index in [1.54, 1.807) is 0 Å². The van der Waals surface area contributed by atoms with Crippen LogP contribution in [0.5, 0.6) is 0 Å². The molecule has 10 N–H and O–H groups in total. The van der Waals surface area contributed by atoms with Crippen molar-refractivity contribution in [1.82, 2.24) is 39.0 Å². The van der Waals surface area contributed by atoms with Gasteiger partial charge in [-0.25, -0.2) is 24.5 Å². The number of fused-ring (bicyclic) bond motifs is 2. The Morgan fingerprint density at radius 2 is 1.62 bits per heavy atom. The van der Waals surface area contributed by atoms with Gasteiger partial charge >= 0.3 is 7.82 Å². The predicted octanol–water partition coefficient (Wildman–Crippen LogP) is -3.50. The van der Waals surface area contributed by atoms with Gasteiger partial charge in [0.15, 0.2) is 35.1 Å². The second kappa shape index (κ2) is 10.6. The van der Waals surface area contributed by atoms with Gasteiger partial charge in [0.05, 0.1) is 25.9 Å². The van der Waals surface area contributed by atoms with Crippen LogP contribution in [0.15, 0.2) is 23.8 Å². The summed E-state index contributed by atoms with van der Waals surface area (Å²) in [6, 6.07) is 0. The molecule has 6 rings (SSSR count). The lowest BCUT2D eigenvalue weighted by Crippen LogP contribution is -2.36. The summed E-state index contributed by atoms with van der Waals surface area (Å²) in [5.74, 6) is -0.148. The van der Waals surface area contributed by atoms with Crippen molar-refractivity contribution in [1.29, 1.82) is 0 Å². The van der Waals surface area contributed by atoms with Crippen LogP contribution < -0.4 is 17.0 Å².